The van der Waals surface area contributed by atoms with E-state index in [9.17, 15) is 9.59 Å². The van der Waals surface area contributed by atoms with Crippen LogP contribution in [0.5, 0.6) is 11.5 Å². The van der Waals surface area contributed by atoms with Crippen LogP contribution in [0.25, 0.3) is 0 Å². The lowest BCUT2D eigenvalue weighted by Gasteiger charge is -2.32. The summed E-state index contributed by atoms with van der Waals surface area (Å²) in [6.45, 7) is 0. The number of carbonyl (C=O) groups is 2. The highest BCUT2D eigenvalue weighted by molar-refractivity contribution is 6.09. The first-order valence-corrected chi connectivity index (χ1v) is 10.5. The van der Waals surface area contributed by atoms with Crippen molar-refractivity contribution in [1.82, 2.24) is 5.32 Å². The summed E-state index contributed by atoms with van der Waals surface area (Å²) < 4.78 is 10.5. The molecular weight excluding hydrogens is 392 g/mol. The molecule has 6 nitrogen and oxygen atoms in total. The Bertz CT molecular complexity index is 925. The van der Waals surface area contributed by atoms with Gasteiger partial charge in [-0.1, -0.05) is 31.4 Å². The van der Waals surface area contributed by atoms with Crippen LogP contribution >= 0.6 is 0 Å². The van der Waals surface area contributed by atoms with E-state index < -0.39 is 11.9 Å². The average molecular weight is 421 g/mol. The van der Waals surface area contributed by atoms with Crippen LogP contribution in [0.1, 0.15) is 43.7 Å². The molecule has 0 aromatic heterocycles. The smallest absolute Gasteiger partial charge is 0.303 e. The third-order valence-corrected chi connectivity index (χ3v) is 5.58. The third-order valence-electron chi connectivity index (χ3n) is 5.58. The fourth-order valence-corrected chi connectivity index (χ4v) is 3.93. The van der Waals surface area contributed by atoms with Gasteiger partial charge in [0.2, 0.25) is 5.91 Å². The number of hydrogen-bond donors (Lipinski definition) is 1. The molecule has 2 amide bonds. The molecular formula is C25H28N2O4. The maximum Gasteiger partial charge on any atom is 0.303 e. The lowest BCUT2D eigenvalue weighted by molar-refractivity contribution is -0.125. The molecule has 31 heavy (non-hydrogen) atoms. The van der Waals surface area contributed by atoms with Crippen molar-refractivity contribution in [3.8, 4) is 23.8 Å². The summed E-state index contributed by atoms with van der Waals surface area (Å²) in [5, 5.41) is 3.14. The van der Waals surface area contributed by atoms with Crippen LogP contribution in [-0.2, 0) is 9.59 Å². The molecule has 1 atom stereocenters. The molecule has 2 aromatic carbocycles. The first-order valence-electron chi connectivity index (χ1n) is 10.5. The van der Waals surface area contributed by atoms with Gasteiger partial charge in [0, 0.05) is 11.7 Å². The minimum atomic E-state index is -0.912. The number of anilines is 1. The molecule has 0 bridgehead atoms. The lowest BCUT2D eigenvalue weighted by atomic mass is 9.94. The molecule has 0 spiro atoms. The van der Waals surface area contributed by atoms with E-state index >= 15 is 0 Å². The SMILES string of the molecule is C#CC(=O)N(c1ccc(OC)cc1)[C@H](C(=O)NC1CCCCC1)c1ccc(OC)cc1. The van der Waals surface area contributed by atoms with Crippen molar-refractivity contribution in [2.75, 3.05) is 19.1 Å². The largest absolute Gasteiger partial charge is 0.497 e. The summed E-state index contributed by atoms with van der Waals surface area (Å²) in [7, 11) is 3.14. The topological polar surface area (TPSA) is 67.9 Å². The Labute approximate surface area is 183 Å². The molecule has 6 heteroatoms. The van der Waals surface area contributed by atoms with E-state index in [1.165, 1.54) is 11.3 Å². The number of rotatable bonds is 7. The highest BCUT2D eigenvalue weighted by Crippen LogP contribution is 2.31. The minimum Gasteiger partial charge on any atom is -0.497 e. The quantitative estimate of drug-likeness (QED) is 0.691. The highest BCUT2D eigenvalue weighted by Gasteiger charge is 2.33. The van der Waals surface area contributed by atoms with Crippen molar-refractivity contribution in [2.24, 2.45) is 0 Å². The van der Waals surface area contributed by atoms with E-state index in [0.29, 0.717) is 22.7 Å². The number of ether oxygens (including phenoxy) is 2. The second-order valence-electron chi connectivity index (χ2n) is 7.54. The summed E-state index contributed by atoms with van der Waals surface area (Å²) in [6, 6.07) is 13.2. The zero-order valence-corrected chi connectivity index (χ0v) is 18.0. The van der Waals surface area contributed by atoms with Crippen molar-refractivity contribution in [3.05, 3.63) is 54.1 Å². The molecule has 1 fully saturated rings. The minimum absolute atomic E-state index is 0.0978. The van der Waals surface area contributed by atoms with Crippen molar-refractivity contribution in [1.29, 1.82) is 0 Å². The predicted octanol–water partition coefficient (Wildman–Crippen LogP) is 3.86. The monoisotopic (exact) mass is 420 g/mol. The number of amides is 2. The van der Waals surface area contributed by atoms with Gasteiger partial charge in [-0.3, -0.25) is 14.5 Å². The van der Waals surface area contributed by atoms with E-state index in [1.807, 2.05) is 0 Å². The van der Waals surface area contributed by atoms with Crippen LogP contribution in [0, 0.1) is 12.3 Å². The van der Waals surface area contributed by atoms with E-state index in [-0.39, 0.29) is 11.9 Å². The molecule has 162 valence electrons. The van der Waals surface area contributed by atoms with Gasteiger partial charge in [-0.15, -0.1) is 6.42 Å². The van der Waals surface area contributed by atoms with Gasteiger partial charge in [0.1, 0.15) is 17.5 Å². The number of methoxy groups -OCH3 is 2. The van der Waals surface area contributed by atoms with Crippen LogP contribution in [-0.4, -0.2) is 32.1 Å². The van der Waals surface area contributed by atoms with Gasteiger partial charge < -0.3 is 14.8 Å². The zero-order chi connectivity index (χ0) is 22.2. The molecule has 0 aliphatic heterocycles. The second-order valence-corrected chi connectivity index (χ2v) is 7.54. The Morgan fingerprint density at radius 3 is 2.03 bits per heavy atom. The zero-order valence-electron chi connectivity index (χ0n) is 18.0. The van der Waals surface area contributed by atoms with Gasteiger partial charge >= 0.3 is 5.91 Å². The van der Waals surface area contributed by atoms with Crippen LogP contribution in [0.2, 0.25) is 0 Å². The molecule has 1 aliphatic rings. The summed E-state index contributed by atoms with van der Waals surface area (Å²) in [6.07, 6.45) is 10.7. The molecule has 0 radical (unpaired) electrons. The molecule has 3 rings (SSSR count). The fraction of sp³-hybridized carbons (Fsp3) is 0.360. The third kappa shape index (κ3) is 5.37. The van der Waals surface area contributed by atoms with Crippen molar-refractivity contribution in [3.63, 3.8) is 0 Å². The summed E-state index contributed by atoms with van der Waals surface area (Å²) in [5.41, 5.74) is 1.16. The van der Waals surface area contributed by atoms with Gasteiger partial charge in [0.05, 0.1) is 14.2 Å². The maximum absolute atomic E-state index is 13.5. The number of nitrogens with zero attached hydrogens (tertiary/aromatic N) is 1. The number of benzene rings is 2. The summed E-state index contributed by atoms with van der Waals surface area (Å²) in [4.78, 5) is 27.7. The summed E-state index contributed by atoms with van der Waals surface area (Å²) >= 11 is 0. The van der Waals surface area contributed by atoms with Crippen LogP contribution < -0.4 is 19.7 Å². The van der Waals surface area contributed by atoms with Gasteiger partial charge in [0.15, 0.2) is 0 Å². The number of hydrogen-bond acceptors (Lipinski definition) is 4. The molecule has 0 unspecified atom stereocenters. The van der Waals surface area contributed by atoms with E-state index in [1.54, 1.807) is 62.8 Å². The Morgan fingerprint density at radius 2 is 1.52 bits per heavy atom. The van der Waals surface area contributed by atoms with Crippen LogP contribution in [0.15, 0.2) is 48.5 Å². The fourth-order valence-electron chi connectivity index (χ4n) is 3.93. The Balaban J connectivity index is 2.01. The van der Waals surface area contributed by atoms with Crippen LogP contribution in [0.3, 0.4) is 0 Å². The van der Waals surface area contributed by atoms with Crippen molar-refractivity contribution in [2.45, 2.75) is 44.2 Å². The Hall–Kier alpha value is -3.46. The van der Waals surface area contributed by atoms with Gasteiger partial charge in [-0.2, -0.15) is 0 Å². The van der Waals surface area contributed by atoms with E-state index in [4.69, 9.17) is 15.9 Å². The number of carbonyl (C=O) groups excluding carboxylic acids is 2. The van der Waals surface area contributed by atoms with Gasteiger partial charge in [-0.25, -0.2) is 0 Å². The molecule has 0 saturated heterocycles. The molecule has 1 aliphatic carbocycles. The first-order chi connectivity index (χ1) is 15.1. The summed E-state index contributed by atoms with van der Waals surface area (Å²) in [5.74, 6) is 2.63. The highest BCUT2D eigenvalue weighted by atomic mass is 16.5. The van der Waals surface area contributed by atoms with Crippen molar-refractivity contribution < 1.29 is 19.1 Å². The second kappa shape index (κ2) is 10.5. The van der Waals surface area contributed by atoms with E-state index in [0.717, 1.165) is 25.7 Å². The van der Waals surface area contributed by atoms with Crippen molar-refractivity contribution >= 4 is 17.5 Å². The van der Waals surface area contributed by atoms with E-state index in [2.05, 4.69) is 11.2 Å². The first kappa shape index (κ1) is 22.2. The Morgan fingerprint density at radius 1 is 0.968 bits per heavy atom. The van der Waals surface area contributed by atoms with Gasteiger partial charge in [0.25, 0.3) is 0 Å². The molecule has 1 saturated carbocycles. The average Bonchev–Trinajstić information content (AvgIpc) is 2.83. The normalized spacial score (nSPS) is 14.7. The number of terminal acetylenes is 1. The number of nitrogens with one attached hydrogen (secondary N) is 1. The van der Waals surface area contributed by atoms with Gasteiger partial charge in [-0.05, 0) is 60.7 Å². The lowest BCUT2D eigenvalue weighted by Crippen LogP contribution is -2.47. The predicted molar refractivity (Wildman–Crippen MR) is 120 cm³/mol. The maximum atomic E-state index is 13.5. The standard InChI is InChI=1S/C25H28N2O4/c1-4-23(28)27(20-12-16-22(31-3)17-13-20)24(18-10-14-21(30-2)15-11-18)25(29)26-19-8-6-5-7-9-19/h1,10-17,19,24H,5-9H2,2-3H3,(H,26,29)/t24-/m0/s1. The molecule has 2 aromatic rings. The molecule has 1 N–H and O–H groups in total. The molecule has 0 heterocycles. The van der Waals surface area contributed by atoms with Crippen LogP contribution in [0.4, 0.5) is 5.69 Å². The Kier molecular flexibility index (Phi) is 7.55.